The van der Waals surface area contributed by atoms with Crippen LogP contribution in [0.4, 0.5) is 0 Å². The first-order valence-corrected chi connectivity index (χ1v) is 5.87. The molecule has 17 heavy (non-hydrogen) atoms. The summed E-state index contributed by atoms with van der Waals surface area (Å²) in [7, 11) is 0. The van der Waals surface area contributed by atoms with Gasteiger partial charge in [0.25, 0.3) is 0 Å². The lowest BCUT2D eigenvalue weighted by atomic mass is 10.0. The van der Waals surface area contributed by atoms with E-state index in [9.17, 15) is 0 Å². The Morgan fingerprint density at radius 3 is 2.47 bits per heavy atom. The third-order valence-corrected chi connectivity index (χ3v) is 2.79. The predicted molar refractivity (Wildman–Crippen MR) is 67.5 cm³/mol. The van der Waals surface area contributed by atoms with Crippen LogP contribution in [0.3, 0.4) is 0 Å². The van der Waals surface area contributed by atoms with Gasteiger partial charge in [-0.25, -0.2) is 4.68 Å². The third-order valence-electron chi connectivity index (χ3n) is 2.79. The van der Waals surface area contributed by atoms with Gasteiger partial charge in [0, 0.05) is 6.54 Å². The van der Waals surface area contributed by atoms with Gasteiger partial charge in [-0.1, -0.05) is 43.3 Å². The highest BCUT2D eigenvalue weighted by Crippen LogP contribution is 2.15. The van der Waals surface area contributed by atoms with Crippen molar-refractivity contribution < 1.29 is 0 Å². The molecule has 2 aromatic rings. The van der Waals surface area contributed by atoms with Crippen molar-refractivity contribution in [2.24, 2.45) is 5.73 Å². The molecule has 0 bridgehead atoms. The van der Waals surface area contributed by atoms with Crippen LogP contribution in [-0.4, -0.2) is 15.0 Å². The zero-order valence-corrected chi connectivity index (χ0v) is 10.3. The monoisotopic (exact) mass is 230 g/mol. The number of hydrogen-bond donors (Lipinski definition) is 1. The van der Waals surface area contributed by atoms with Crippen molar-refractivity contribution in [3.05, 3.63) is 47.3 Å². The summed E-state index contributed by atoms with van der Waals surface area (Å²) in [5.41, 5.74) is 8.90. The maximum atomic E-state index is 5.49. The molecule has 2 N–H and O–H groups in total. The summed E-state index contributed by atoms with van der Waals surface area (Å²) in [6.07, 6.45) is 1.89. The Hall–Kier alpha value is -1.68. The summed E-state index contributed by atoms with van der Waals surface area (Å²) >= 11 is 0. The molecule has 4 heteroatoms. The second kappa shape index (κ2) is 5.10. The molecular formula is C13H18N4. The van der Waals surface area contributed by atoms with Gasteiger partial charge in [0.05, 0.1) is 18.4 Å². The second-order valence-corrected chi connectivity index (χ2v) is 4.51. The van der Waals surface area contributed by atoms with Crippen molar-refractivity contribution in [3.63, 3.8) is 0 Å². The number of benzene rings is 1. The first-order chi connectivity index (χ1) is 8.19. The standard InChI is InChI=1S/C13H18N4/c1-10(2)12-5-3-11(4-6-12)8-17-9-13(7-14)15-16-17/h3-6,9-10H,7-8,14H2,1-2H3. The number of hydrogen-bond acceptors (Lipinski definition) is 3. The lowest BCUT2D eigenvalue weighted by Gasteiger charge is -2.06. The van der Waals surface area contributed by atoms with Crippen LogP contribution in [0.2, 0.25) is 0 Å². The molecule has 1 aromatic heterocycles. The zero-order chi connectivity index (χ0) is 12.3. The van der Waals surface area contributed by atoms with Crippen LogP contribution in [0.1, 0.15) is 36.6 Å². The highest BCUT2D eigenvalue weighted by molar-refractivity contribution is 5.24. The second-order valence-electron chi connectivity index (χ2n) is 4.51. The maximum absolute atomic E-state index is 5.49. The molecular weight excluding hydrogens is 212 g/mol. The first-order valence-electron chi connectivity index (χ1n) is 5.87. The van der Waals surface area contributed by atoms with E-state index in [0.717, 1.165) is 12.2 Å². The van der Waals surface area contributed by atoms with Crippen molar-refractivity contribution in [1.29, 1.82) is 0 Å². The quantitative estimate of drug-likeness (QED) is 0.872. The molecule has 90 valence electrons. The van der Waals surface area contributed by atoms with Crippen LogP contribution < -0.4 is 5.73 Å². The molecule has 0 unspecified atom stereocenters. The number of rotatable bonds is 4. The SMILES string of the molecule is CC(C)c1ccc(Cn2cc(CN)nn2)cc1. The molecule has 0 aliphatic rings. The van der Waals surface area contributed by atoms with Crippen molar-refractivity contribution in [1.82, 2.24) is 15.0 Å². The van der Waals surface area contributed by atoms with Gasteiger partial charge in [0.2, 0.25) is 0 Å². The Morgan fingerprint density at radius 2 is 1.94 bits per heavy atom. The predicted octanol–water partition coefficient (Wildman–Crippen LogP) is 1.91. The molecule has 0 radical (unpaired) electrons. The molecule has 0 atom stereocenters. The summed E-state index contributed by atoms with van der Waals surface area (Å²) in [5, 5.41) is 7.99. The van der Waals surface area contributed by atoms with E-state index in [1.807, 2.05) is 10.9 Å². The van der Waals surface area contributed by atoms with Crippen LogP contribution in [0.25, 0.3) is 0 Å². The average Bonchev–Trinajstić information content (AvgIpc) is 2.77. The molecule has 0 fully saturated rings. The van der Waals surface area contributed by atoms with Crippen LogP contribution in [0, 0.1) is 0 Å². The van der Waals surface area contributed by atoms with Gasteiger partial charge >= 0.3 is 0 Å². The molecule has 0 saturated carbocycles. The lowest BCUT2D eigenvalue weighted by molar-refractivity contribution is 0.649. The summed E-state index contributed by atoms with van der Waals surface area (Å²) in [6.45, 7) is 5.57. The van der Waals surface area contributed by atoms with E-state index in [2.05, 4.69) is 48.4 Å². The van der Waals surface area contributed by atoms with Gasteiger partial charge in [-0.05, 0) is 17.0 Å². The summed E-state index contributed by atoms with van der Waals surface area (Å²) < 4.78 is 1.81. The van der Waals surface area contributed by atoms with Crippen molar-refractivity contribution in [3.8, 4) is 0 Å². The van der Waals surface area contributed by atoms with Gasteiger partial charge < -0.3 is 5.73 Å². The number of nitrogens with two attached hydrogens (primary N) is 1. The summed E-state index contributed by atoms with van der Waals surface area (Å²) in [4.78, 5) is 0. The van der Waals surface area contributed by atoms with E-state index in [4.69, 9.17) is 5.73 Å². The van der Waals surface area contributed by atoms with E-state index >= 15 is 0 Å². The fraction of sp³-hybridized carbons (Fsp3) is 0.385. The summed E-state index contributed by atoms with van der Waals surface area (Å²) in [5.74, 6) is 0.569. The van der Waals surface area contributed by atoms with Gasteiger partial charge in [-0.15, -0.1) is 5.10 Å². The Kier molecular flexibility index (Phi) is 3.54. The van der Waals surface area contributed by atoms with Crippen LogP contribution in [-0.2, 0) is 13.1 Å². The number of aromatic nitrogens is 3. The molecule has 0 amide bonds. The molecule has 1 heterocycles. The Morgan fingerprint density at radius 1 is 1.24 bits per heavy atom. The Bertz CT molecular complexity index is 470. The fourth-order valence-electron chi connectivity index (χ4n) is 1.70. The van der Waals surface area contributed by atoms with Crippen molar-refractivity contribution >= 4 is 0 Å². The lowest BCUT2D eigenvalue weighted by Crippen LogP contribution is -2.01. The molecule has 0 saturated heterocycles. The minimum absolute atomic E-state index is 0.437. The van der Waals surface area contributed by atoms with Crippen LogP contribution in [0.15, 0.2) is 30.5 Å². The molecule has 2 rings (SSSR count). The van der Waals surface area contributed by atoms with E-state index in [1.165, 1.54) is 11.1 Å². The molecule has 0 spiro atoms. The maximum Gasteiger partial charge on any atom is 0.0962 e. The van der Waals surface area contributed by atoms with E-state index in [-0.39, 0.29) is 0 Å². The molecule has 1 aromatic carbocycles. The smallest absolute Gasteiger partial charge is 0.0962 e. The van der Waals surface area contributed by atoms with Crippen molar-refractivity contribution in [2.45, 2.75) is 32.9 Å². The third kappa shape index (κ3) is 2.91. The topological polar surface area (TPSA) is 56.7 Å². The molecule has 4 nitrogen and oxygen atoms in total. The van der Waals surface area contributed by atoms with Gasteiger partial charge in [0.15, 0.2) is 0 Å². The van der Waals surface area contributed by atoms with Gasteiger partial charge in [-0.2, -0.15) is 0 Å². The van der Waals surface area contributed by atoms with Gasteiger partial charge in [-0.3, -0.25) is 0 Å². The fourth-order valence-corrected chi connectivity index (χ4v) is 1.70. The highest BCUT2D eigenvalue weighted by atomic mass is 15.4. The summed E-state index contributed by atoms with van der Waals surface area (Å²) in [6, 6.07) is 8.61. The molecule has 0 aliphatic carbocycles. The van der Waals surface area contributed by atoms with Crippen molar-refractivity contribution in [2.75, 3.05) is 0 Å². The van der Waals surface area contributed by atoms with E-state index in [1.54, 1.807) is 0 Å². The Balaban J connectivity index is 2.08. The number of nitrogens with zero attached hydrogens (tertiary/aromatic N) is 3. The van der Waals surface area contributed by atoms with Gasteiger partial charge in [0.1, 0.15) is 0 Å². The minimum atomic E-state index is 0.437. The van der Waals surface area contributed by atoms with Crippen LogP contribution >= 0.6 is 0 Å². The average molecular weight is 230 g/mol. The largest absolute Gasteiger partial charge is 0.325 e. The van der Waals surface area contributed by atoms with E-state index in [0.29, 0.717) is 12.5 Å². The highest BCUT2D eigenvalue weighted by Gasteiger charge is 2.01. The van der Waals surface area contributed by atoms with E-state index < -0.39 is 0 Å². The minimum Gasteiger partial charge on any atom is -0.325 e. The Labute approximate surface area is 101 Å². The first kappa shape index (κ1) is 11.8. The zero-order valence-electron chi connectivity index (χ0n) is 10.3. The normalized spacial score (nSPS) is 11.1. The van der Waals surface area contributed by atoms with Crippen LogP contribution in [0.5, 0.6) is 0 Å². The molecule has 0 aliphatic heterocycles.